The number of ether oxygens (including phenoxy) is 2. The van der Waals surface area contributed by atoms with E-state index in [0.29, 0.717) is 16.2 Å². The van der Waals surface area contributed by atoms with Gasteiger partial charge in [-0.15, -0.1) is 0 Å². The molecule has 7 nitrogen and oxygen atoms in total. The number of aliphatic hydroxyl groups is 4. The zero-order valence-corrected chi connectivity index (χ0v) is 15.8. The van der Waals surface area contributed by atoms with E-state index in [9.17, 15) is 20.4 Å². The maximum atomic E-state index is 11.1. The highest BCUT2D eigenvalue weighted by Gasteiger charge is 2.71. The van der Waals surface area contributed by atoms with E-state index in [1.165, 1.54) is 27.7 Å². The van der Waals surface area contributed by atoms with Crippen LogP contribution in [0, 0.1) is 0 Å². The smallest absolute Gasteiger partial charge is 0.239 e. The summed E-state index contributed by atoms with van der Waals surface area (Å²) in [5, 5.41) is 43.6. The SMILES string of the molecule is C[C@@]1(Oc2c[nH]c3cc(Cl)ccc23)O[C@H](CO)[C@](C)(O)[C@@](C)(O)[C@]1(C)O. The molecule has 0 radical (unpaired) electrons. The van der Waals surface area contributed by atoms with Gasteiger partial charge in [0.2, 0.25) is 5.79 Å². The number of aromatic amines is 1. The highest BCUT2D eigenvalue weighted by atomic mass is 35.5. The Morgan fingerprint density at radius 2 is 1.81 bits per heavy atom. The summed E-state index contributed by atoms with van der Waals surface area (Å²) in [5.74, 6) is -1.39. The second-order valence-corrected chi connectivity index (χ2v) is 7.91. The first-order valence-electron chi connectivity index (χ1n) is 8.29. The summed E-state index contributed by atoms with van der Waals surface area (Å²) in [4.78, 5) is 3.02. The zero-order chi connectivity index (χ0) is 19.5. The third-order valence-electron chi connectivity index (χ3n) is 5.89. The van der Waals surface area contributed by atoms with Gasteiger partial charge in [0.05, 0.1) is 12.1 Å². The fourth-order valence-electron chi connectivity index (χ4n) is 3.45. The predicted octanol–water partition coefficient (Wildman–Crippen LogP) is 1.56. The molecule has 2 aromatic rings. The van der Waals surface area contributed by atoms with Gasteiger partial charge in [-0.25, -0.2) is 0 Å². The van der Waals surface area contributed by atoms with Crippen molar-refractivity contribution >= 4 is 22.5 Å². The molecule has 26 heavy (non-hydrogen) atoms. The quantitative estimate of drug-likeness (QED) is 0.547. The first-order valence-corrected chi connectivity index (χ1v) is 8.66. The first kappa shape index (κ1) is 19.4. The van der Waals surface area contributed by atoms with Crippen molar-refractivity contribution in [2.45, 2.75) is 56.4 Å². The normalized spacial score (nSPS) is 40.7. The van der Waals surface area contributed by atoms with Crippen LogP contribution in [0.15, 0.2) is 24.4 Å². The fourth-order valence-corrected chi connectivity index (χ4v) is 3.63. The monoisotopic (exact) mass is 385 g/mol. The molecule has 5 atom stereocenters. The van der Waals surface area contributed by atoms with Gasteiger partial charge in [0.15, 0.2) is 5.60 Å². The molecule has 1 aromatic carbocycles. The molecular formula is C18H24ClNO6. The van der Waals surface area contributed by atoms with Gasteiger partial charge in [-0.3, -0.25) is 0 Å². The van der Waals surface area contributed by atoms with Crippen molar-refractivity contribution in [1.29, 1.82) is 0 Å². The Kier molecular flexibility index (Phi) is 4.35. The summed E-state index contributed by atoms with van der Waals surface area (Å²) < 4.78 is 11.7. The summed E-state index contributed by atoms with van der Waals surface area (Å²) in [6.45, 7) is 4.79. The lowest BCUT2D eigenvalue weighted by molar-refractivity contribution is -0.415. The maximum Gasteiger partial charge on any atom is 0.239 e. The minimum Gasteiger partial charge on any atom is -0.457 e. The average Bonchev–Trinajstić information content (AvgIpc) is 2.92. The number of nitrogens with one attached hydrogen (secondary N) is 1. The Morgan fingerprint density at radius 1 is 1.15 bits per heavy atom. The largest absolute Gasteiger partial charge is 0.457 e. The fraction of sp³-hybridized carbons (Fsp3) is 0.556. The molecule has 1 fully saturated rings. The van der Waals surface area contributed by atoms with E-state index in [1.807, 2.05) is 0 Å². The van der Waals surface area contributed by atoms with Gasteiger partial charge < -0.3 is 34.9 Å². The summed E-state index contributed by atoms with van der Waals surface area (Å²) in [6, 6.07) is 5.18. The van der Waals surface area contributed by atoms with E-state index in [1.54, 1.807) is 24.4 Å². The van der Waals surface area contributed by atoms with Crippen molar-refractivity contribution in [3.63, 3.8) is 0 Å². The first-order chi connectivity index (χ1) is 11.9. The van der Waals surface area contributed by atoms with Crippen LogP contribution in [0.3, 0.4) is 0 Å². The molecule has 2 heterocycles. The number of fused-ring (bicyclic) bond motifs is 1. The Morgan fingerprint density at radius 3 is 2.42 bits per heavy atom. The minimum atomic E-state index is -2.05. The van der Waals surface area contributed by atoms with Crippen LogP contribution < -0.4 is 4.74 Å². The van der Waals surface area contributed by atoms with E-state index in [2.05, 4.69) is 4.98 Å². The van der Waals surface area contributed by atoms with Crippen molar-refractivity contribution in [1.82, 2.24) is 4.98 Å². The van der Waals surface area contributed by atoms with Gasteiger partial charge in [-0.05, 0) is 39.0 Å². The van der Waals surface area contributed by atoms with Crippen molar-refractivity contribution in [2.24, 2.45) is 0 Å². The number of halogens is 1. The van der Waals surface area contributed by atoms with Crippen LogP contribution in [0.2, 0.25) is 5.02 Å². The van der Waals surface area contributed by atoms with Crippen molar-refractivity contribution in [3.8, 4) is 5.75 Å². The maximum absolute atomic E-state index is 11.1. The Balaban J connectivity index is 2.06. The van der Waals surface area contributed by atoms with Gasteiger partial charge in [-0.2, -0.15) is 0 Å². The molecule has 0 saturated carbocycles. The van der Waals surface area contributed by atoms with E-state index < -0.39 is 35.3 Å². The zero-order valence-electron chi connectivity index (χ0n) is 15.1. The number of rotatable bonds is 3. The molecule has 0 aliphatic carbocycles. The van der Waals surface area contributed by atoms with Crippen LogP contribution in [0.5, 0.6) is 5.75 Å². The van der Waals surface area contributed by atoms with Gasteiger partial charge >= 0.3 is 0 Å². The summed E-state index contributed by atoms with van der Waals surface area (Å²) in [7, 11) is 0. The average molecular weight is 386 g/mol. The van der Waals surface area contributed by atoms with Gasteiger partial charge in [0.25, 0.3) is 0 Å². The number of aliphatic hydroxyl groups excluding tert-OH is 1. The van der Waals surface area contributed by atoms with Crippen LogP contribution >= 0.6 is 11.6 Å². The number of hydrogen-bond acceptors (Lipinski definition) is 6. The summed E-state index contributed by atoms with van der Waals surface area (Å²) in [5.41, 5.74) is -5.26. The molecule has 3 rings (SSSR count). The van der Waals surface area contributed by atoms with Crippen LogP contribution in [0.1, 0.15) is 27.7 Å². The second kappa shape index (κ2) is 5.82. The molecule has 8 heteroatoms. The van der Waals surface area contributed by atoms with E-state index in [0.717, 1.165) is 5.52 Å². The lowest BCUT2D eigenvalue weighted by atomic mass is 9.65. The lowest BCUT2D eigenvalue weighted by Gasteiger charge is -2.61. The second-order valence-electron chi connectivity index (χ2n) is 7.47. The highest BCUT2D eigenvalue weighted by molar-refractivity contribution is 6.31. The van der Waals surface area contributed by atoms with E-state index in [-0.39, 0.29) is 0 Å². The van der Waals surface area contributed by atoms with Crippen molar-refractivity contribution < 1.29 is 29.9 Å². The molecule has 0 amide bonds. The molecule has 5 N–H and O–H groups in total. The van der Waals surface area contributed by atoms with Gasteiger partial charge in [0.1, 0.15) is 23.1 Å². The Labute approximate surface area is 156 Å². The molecule has 1 aliphatic heterocycles. The number of benzene rings is 1. The molecule has 1 aliphatic rings. The lowest BCUT2D eigenvalue weighted by Crippen LogP contribution is -2.82. The Hall–Kier alpha value is -1.35. The van der Waals surface area contributed by atoms with Crippen LogP contribution in [-0.2, 0) is 4.74 Å². The predicted molar refractivity (Wildman–Crippen MR) is 96.2 cm³/mol. The van der Waals surface area contributed by atoms with E-state index >= 15 is 0 Å². The summed E-state index contributed by atoms with van der Waals surface area (Å²) >= 11 is 5.99. The number of aromatic nitrogens is 1. The number of H-pyrrole nitrogens is 1. The van der Waals surface area contributed by atoms with Crippen LogP contribution in [0.4, 0.5) is 0 Å². The molecular weight excluding hydrogens is 362 g/mol. The minimum absolute atomic E-state index is 0.369. The molecule has 1 saturated heterocycles. The highest BCUT2D eigenvalue weighted by Crippen LogP contribution is 2.50. The van der Waals surface area contributed by atoms with Crippen molar-refractivity contribution in [3.05, 3.63) is 29.4 Å². The van der Waals surface area contributed by atoms with Crippen molar-refractivity contribution in [2.75, 3.05) is 6.61 Å². The Bertz CT molecular complexity index is 830. The standard InChI is InChI=1S/C18H24ClNO6/c1-15(22)14(9-21)26-18(4,17(3,24)16(15,2)23)25-13-8-20-12-7-10(19)5-6-11(12)13/h5-8,14,20-24H,9H2,1-4H3/t14-,15+,16-,17+,18-/m1/s1. The third kappa shape index (κ3) is 2.46. The summed E-state index contributed by atoms with van der Waals surface area (Å²) in [6.07, 6.45) is 0.406. The van der Waals surface area contributed by atoms with Crippen LogP contribution in [0.25, 0.3) is 10.9 Å². The van der Waals surface area contributed by atoms with Gasteiger partial charge in [-0.1, -0.05) is 11.6 Å². The van der Waals surface area contributed by atoms with Gasteiger partial charge in [0, 0.05) is 23.5 Å². The molecule has 1 aromatic heterocycles. The topological polar surface area (TPSA) is 115 Å². The molecule has 144 valence electrons. The molecule has 0 spiro atoms. The number of hydrogen-bond donors (Lipinski definition) is 5. The molecule has 0 unspecified atom stereocenters. The van der Waals surface area contributed by atoms with Crippen LogP contribution in [-0.4, -0.2) is 60.7 Å². The van der Waals surface area contributed by atoms with E-state index in [4.69, 9.17) is 21.1 Å². The molecule has 0 bridgehead atoms. The third-order valence-corrected chi connectivity index (χ3v) is 6.12.